The minimum Gasteiger partial charge on any atom is -0.379 e. The lowest BCUT2D eigenvalue weighted by atomic mass is 9.87. The molecule has 2 N–H and O–H groups in total. The van der Waals surface area contributed by atoms with Crippen LogP contribution in [0.3, 0.4) is 0 Å². The highest BCUT2D eigenvalue weighted by atomic mass is 16.5. The molecular formula is C20H29N5O. The van der Waals surface area contributed by atoms with Gasteiger partial charge in [-0.25, -0.2) is 4.98 Å². The number of nitrogens with one attached hydrogen (secondary N) is 2. The van der Waals surface area contributed by atoms with E-state index in [-0.39, 0.29) is 5.41 Å². The normalized spacial score (nSPS) is 15.7. The molecule has 1 aliphatic rings. The summed E-state index contributed by atoms with van der Waals surface area (Å²) in [6.45, 7) is 12.2. The maximum Gasteiger partial charge on any atom is 0.229 e. The van der Waals surface area contributed by atoms with Crippen molar-refractivity contribution in [2.45, 2.75) is 26.2 Å². The summed E-state index contributed by atoms with van der Waals surface area (Å²) in [6, 6.07) is 10.3. The van der Waals surface area contributed by atoms with E-state index >= 15 is 0 Å². The molecule has 0 saturated carbocycles. The first-order valence-corrected chi connectivity index (χ1v) is 9.25. The number of benzene rings is 1. The highest BCUT2D eigenvalue weighted by Crippen LogP contribution is 2.24. The van der Waals surface area contributed by atoms with Crippen LogP contribution in [0.25, 0.3) is 0 Å². The summed E-state index contributed by atoms with van der Waals surface area (Å²) in [5, 5.41) is 6.65. The first-order valence-electron chi connectivity index (χ1n) is 9.25. The second kappa shape index (κ2) is 8.47. The van der Waals surface area contributed by atoms with Crippen LogP contribution in [0.2, 0.25) is 0 Å². The molecular weight excluding hydrogens is 326 g/mol. The fourth-order valence-electron chi connectivity index (χ4n) is 2.87. The molecule has 1 saturated heterocycles. The number of hydrogen-bond donors (Lipinski definition) is 2. The minimum absolute atomic E-state index is 0.152. The first-order chi connectivity index (χ1) is 12.5. The van der Waals surface area contributed by atoms with Crippen LogP contribution in [0.1, 0.15) is 26.3 Å². The van der Waals surface area contributed by atoms with Gasteiger partial charge < -0.3 is 15.4 Å². The molecule has 2 heterocycles. The summed E-state index contributed by atoms with van der Waals surface area (Å²) in [5.74, 6) is 1.44. The van der Waals surface area contributed by atoms with E-state index in [1.165, 1.54) is 5.56 Å². The molecule has 1 aromatic heterocycles. The molecule has 6 heteroatoms. The predicted octanol–water partition coefficient (Wildman–Crippen LogP) is 3.26. The molecule has 0 radical (unpaired) electrons. The van der Waals surface area contributed by atoms with Crippen molar-refractivity contribution in [3.63, 3.8) is 0 Å². The van der Waals surface area contributed by atoms with Gasteiger partial charge in [-0.2, -0.15) is 4.98 Å². The van der Waals surface area contributed by atoms with Crippen molar-refractivity contribution in [1.82, 2.24) is 14.9 Å². The van der Waals surface area contributed by atoms with E-state index in [2.05, 4.69) is 70.5 Å². The third kappa shape index (κ3) is 5.41. The topological polar surface area (TPSA) is 62.3 Å². The third-order valence-corrected chi connectivity index (χ3v) is 4.50. The Bertz CT molecular complexity index is 690. The zero-order valence-electron chi connectivity index (χ0n) is 16.0. The van der Waals surface area contributed by atoms with Gasteiger partial charge in [-0.3, -0.25) is 4.90 Å². The second-order valence-corrected chi connectivity index (χ2v) is 7.60. The summed E-state index contributed by atoms with van der Waals surface area (Å²) in [7, 11) is 0. The largest absolute Gasteiger partial charge is 0.379 e. The molecule has 1 aromatic carbocycles. The molecule has 26 heavy (non-hydrogen) atoms. The number of anilines is 3. The number of rotatable bonds is 6. The zero-order chi connectivity index (χ0) is 18.4. The average Bonchev–Trinajstić information content (AvgIpc) is 2.63. The van der Waals surface area contributed by atoms with E-state index in [4.69, 9.17) is 4.74 Å². The Morgan fingerprint density at radius 2 is 1.81 bits per heavy atom. The lowest BCUT2D eigenvalue weighted by Gasteiger charge is -2.26. The van der Waals surface area contributed by atoms with Crippen LogP contribution in [0.5, 0.6) is 0 Å². The monoisotopic (exact) mass is 355 g/mol. The van der Waals surface area contributed by atoms with Gasteiger partial charge in [0.25, 0.3) is 0 Å². The average molecular weight is 355 g/mol. The summed E-state index contributed by atoms with van der Waals surface area (Å²) >= 11 is 0. The molecule has 0 unspecified atom stereocenters. The number of ether oxygens (including phenoxy) is 1. The van der Waals surface area contributed by atoms with Crippen molar-refractivity contribution in [1.29, 1.82) is 0 Å². The predicted molar refractivity (Wildman–Crippen MR) is 106 cm³/mol. The van der Waals surface area contributed by atoms with Gasteiger partial charge >= 0.3 is 0 Å². The molecule has 0 bridgehead atoms. The van der Waals surface area contributed by atoms with Crippen LogP contribution < -0.4 is 10.6 Å². The summed E-state index contributed by atoms with van der Waals surface area (Å²) in [4.78, 5) is 11.3. The highest BCUT2D eigenvalue weighted by molar-refractivity contribution is 5.55. The van der Waals surface area contributed by atoms with Crippen LogP contribution in [0.15, 0.2) is 36.5 Å². The standard InChI is InChI=1S/C20H29N5O/c1-20(2,3)16-4-6-17(7-5-16)23-19-22-9-8-18(24-19)21-10-11-25-12-14-26-15-13-25/h4-9H,10-15H2,1-3H3,(H2,21,22,23,24). The van der Waals surface area contributed by atoms with Gasteiger partial charge in [-0.1, -0.05) is 32.9 Å². The van der Waals surface area contributed by atoms with E-state index in [0.29, 0.717) is 5.95 Å². The fourth-order valence-corrected chi connectivity index (χ4v) is 2.87. The molecule has 140 valence electrons. The van der Waals surface area contributed by atoms with Crippen LogP contribution >= 0.6 is 0 Å². The van der Waals surface area contributed by atoms with E-state index in [1.54, 1.807) is 6.20 Å². The van der Waals surface area contributed by atoms with Crippen molar-refractivity contribution >= 4 is 17.5 Å². The molecule has 2 aromatic rings. The SMILES string of the molecule is CC(C)(C)c1ccc(Nc2nccc(NCCN3CCOCC3)n2)cc1. The summed E-state index contributed by atoms with van der Waals surface area (Å²) < 4.78 is 5.37. The smallest absolute Gasteiger partial charge is 0.229 e. The molecule has 0 spiro atoms. The van der Waals surface area contributed by atoms with Crippen LogP contribution in [-0.4, -0.2) is 54.3 Å². The lowest BCUT2D eigenvalue weighted by Crippen LogP contribution is -2.39. The Hall–Kier alpha value is -2.18. The molecule has 0 atom stereocenters. The highest BCUT2D eigenvalue weighted by Gasteiger charge is 2.13. The maximum absolute atomic E-state index is 5.37. The number of hydrogen-bond acceptors (Lipinski definition) is 6. The summed E-state index contributed by atoms with van der Waals surface area (Å²) in [6.07, 6.45) is 1.77. The van der Waals surface area contributed by atoms with Crippen LogP contribution in [0, 0.1) is 0 Å². The van der Waals surface area contributed by atoms with E-state index in [0.717, 1.165) is 50.9 Å². The van der Waals surface area contributed by atoms with E-state index in [9.17, 15) is 0 Å². The first kappa shape index (κ1) is 18.6. The number of nitrogens with zero attached hydrogens (tertiary/aromatic N) is 3. The van der Waals surface area contributed by atoms with Gasteiger partial charge in [0, 0.05) is 38.1 Å². The van der Waals surface area contributed by atoms with Crippen molar-refractivity contribution in [2.75, 3.05) is 50.0 Å². The van der Waals surface area contributed by atoms with Crippen molar-refractivity contribution in [3.05, 3.63) is 42.1 Å². The van der Waals surface area contributed by atoms with Gasteiger partial charge in [-0.15, -0.1) is 0 Å². The Balaban J connectivity index is 1.53. The summed E-state index contributed by atoms with van der Waals surface area (Å²) in [5.41, 5.74) is 2.45. The molecule has 0 aliphatic carbocycles. The molecule has 0 amide bonds. The number of morpholine rings is 1. The van der Waals surface area contributed by atoms with Crippen molar-refractivity contribution < 1.29 is 4.74 Å². The van der Waals surface area contributed by atoms with Gasteiger partial charge in [0.2, 0.25) is 5.95 Å². The molecule has 1 aliphatic heterocycles. The number of aromatic nitrogens is 2. The maximum atomic E-state index is 5.37. The van der Waals surface area contributed by atoms with Gasteiger partial charge in [0.1, 0.15) is 5.82 Å². The lowest BCUT2D eigenvalue weighted by molar-refractivity contribution is 0.0398. The van der Waals surface area contributed by atoms with Crippen LogP contribution in [0.4, 0.5) is 17.5 Å². The van der Waals surface area contributed by atoms with E-state index in [1.807, 2.05) is 6.07 Å². The molecule has 6 nitrogen and oxygen atoms in total. The Labute approximate surface area is 156 Å². The Morgan fingerprint density at radius 1 is 1.08 bits per heavy atom. The van der Waals surface area contributed by atoms with Crippen molar-refractivity contribution in [3.8, 4) is 0 Å². The zero-order valence-corrected chi connectivity index (χ0v) is 16.0. The third-order valence-electron chi connectivity index (χ3n) is 4.50. The fraction of sp³-hybridized carbons (Fsp3) is 0.500. The van der Waals surface area contributed by atoms with Crippen molar-refractivity contribution in [2.24, 2.45) is 0 Å². The quantitative estimate of drug-likeness (QED) is 0.829. The van der Waals surface area contributed by atoms with E-state index < -0.39 is 0 Å². The van der Waals surface area contributed by atoms with Gasteiger partial charge in [-0.05, 0) is 29.2 Å². The van der Waals surface area contributed by atoms with Crippen LogP contribution in [-0.2, 0) is 10.2 Å². The Morgan fingerprint density at radius 3 is 2.50 bits per heavy atom. The minimum atomic E-state index is 0.152. The molecule has 1 fully saturated rings. The Kier molecular flexibility index (Phi) is 6.06. The second-order valence-electron chi connectivity index (χ2n) is 7.60. The molecule has 3 rings (SSSR count). The van der Waals surface area contributed by atoms with Gasteiger partial charge in [0.15, 0.2) is 0 Å². The van der Waals surface area contributed by atoms with Gasteiger partial charge in [0.05, 0.1) is 13.2 Å².